The number of ether oxygens (including phenoxy) is 1. The van der Waals surface area contributed by atoms with Gasteiger partial charge in [-0.15, -0.1) is 13.2 Å². The van der Waals surface area contributed by atoms with Gasteiger partial charge in [0.15, 0.2) is 27.5 Å². The van der Waals surface area contributed by atoms with Crippen LogP contribution < -0.4 is 10.1 Å². The summed E-state index contributed by atoms with van der Waals surface area (Å²) in [5.74, 6) is -4.41. The summed E-state index contributed by atoms with van der Waals surface area (Å²) >= 11 is 0. The molecule has 0 saturated heterocycles. The molecule has 254 valence electrons. The fraction of sp³-hybridized carbons (Fsp3) is 0.294. The first-order chi connectivity index (χ1) is 22.5. The molecule has 0 spiro atoms. The number of allylic oxidation sites excluding steroid dienone is 2. The molecular formula is C34H32F3NO9S. The number of carboxylic acid groups (broad SMARTS) is 1. The van der Waals surface area contributed by atoms with Crippen LogP contribution >= 0.6 is 0 Å². The Morgan fingerprint density at radius 1 is 0.896 bits per heavy atom. The van der Waals surface area contributed by atoms with Gasteiger partial charge in [0.1, 0.15) is 10.6 Å². The molecule has 0 bridgehead atoms. The standard InChI is InChI=1S/C34H32F3NO9S/c1-48(45,46)30-17-25(15-16-29(30)47-34(35,36)37)27(39)18-26(22-9-7-21(8-10-22)20-5-3-2-4-6-20)31(41)23-11-13-24(14-12-23)32(42)38-19-28(40)33(43)44/h7-18,20,28,40H,2-6,19H2,1H3,(H,38,42)(H,43,44)/b26-18+. The summed E-state index contributed by atoms with van der Waals surface area (Å²) in [4.78, 5) is 49.7. The number of aliphatic hydroxyl groups is 1. The van der Waals surface area contributed by atoms with Crippen LogP contribution in [0.15, 0.2) is 77.7 Å². The maximum Gasteiger partial charge on any atom is 0.573 e. The monoisotopic (exact) mass is 687 g/mol. The highest BCUT2D eigenvalue weighted by Crippen LogP contribution is 2.34. The van der Waals surface area contributed by atoms with E-state index in [0.717, 1.165) is 55.9 Å². The highest BCUT2D eigenvalue weighted by molar-refractivity contribution is 7.90. The second-order valence-electron chi connectivity index (χ2n) is 11.3. The Hall–Kier alpha value is -4.82. The molecule has 1 unspecified atom stereocenters. The first-order valence-electron chi connectivity index (χ1n) is 14.8. The van der Waals surface area contributed by atoms with Crippen molar-refractivity contribution < 1.29 is 55.7 Å². The number of hydrogen-bond acceptors (Lipinski definition) is 8. The van der Waals surface area contributed by atoms with Gasteiger partial charge in [0, 0.05) is 28.5 Å². The molecular weight excluding hydrogens is 655 g/mol. The SMILES string of the molecule is CS(=O)(=O)c1cc(C(=O)/C=C(/C(=O)c2ccc(C(=O)NCC(O)C(=O)O)cc2)c2ccc(C3CCCCC3)cc2)ccc1OC(F)(F)F. The maximum atomic E-state index is 13.8. The number of hydrogen-bond donors (Lipinski definition) is 3. The molecule has 4 rings (SSSR count). The number of Topliss-reactive ketones (excluding diaryl/α,β-unsaturated/α-hetero) is 1. The number of rotatable bonds is 12. The molecule has 14 heteroatoms. The van der Waals surface area contributed by atoms with E-state index in [9.17, 15) is 45.9 Å². The van der Waals surface area contributed by atoms with Gasteiger partial charge in [0.05, 0.1) is 6.54 Å². The van der Waals surface area contributed by atoms with Crippen LogP contribution in [0.2, 0.25) is 0 Å². The highest BCUT2D eigenvalue weighted by Gasteiger charge is 2.34. The minimum Gasteiger partial charge on any atom is -0.479 e. The Morgan fingerprint density at radius 3 is 2.02 bits per heavy atom. The Bertz CT molecular complexity index is 1830. The van der Waals surface area contributed by atoms with Gasteiger partial charge in [-0.3, -0.25) is 14.4 Å². The third-order valence-corrected chi connectivity index (χ3v) is 8.94. The van der Waals surface area contributed by atoms with Crippen LogP contribution in [0.25, 0.3) is 5.57 Å². The second kappa shape index (κ2) is 14.9. The molecule has 0 heterocycles. The lowest BCUT2D eigenvalue weighted by atomic mass is 9.83. The molecule has 3 N–H and O–H groups in total. The van der Waals surface area contributed by atoms with E-state index in [1.807, 2.05) is 12.1 Å². The molecule has 1 aliphatic carbocycles. The lowest BCUT2D eigenvalue weighted by Crippen LogP contribution is -2.36. The Kier molecular flexibility index (Phi) is 11.2. The summed E-state index contributed by atoms with van der Waals surface area (Å²) in [7, 11) is -4.28. The number of alkyl halides is 3. The lowest BCUT2D eigenvalue weighted by Gasteiger charge is -2.22. The molecule has 0 aromatic heterocycles. The summed E-state index contributed by atoms with van der Waals surface area (Å²) in [6.07, 6.45) is 0.0241. The molecule has 1 atom stereocenters. The van der Waals surface area contributed by atoms with Crippen molar-refractivity contribution in [3.05, 3.63) is 101 Å². The largest absolute Gasteiger partial charge is 0.573 e. The molecule has 1 saturated carbocycles. The summed E-state index contributed by atoms with van der Waals surface area (Å²) < 4.78 is 67.2. The van der Waals surface area contributed by atoms with Crippen molar-refractivity contribution in [1.82, 2.24) is 5.32 Å². The van der Waals surface area contributed by atoms with Crippen LogP contribution in [0.4, 0.5) is 13.2 Å². The number of aliphatic hydroxyl groups excluding tert-OH is 1. The van der Waals surface area contributed by atoms with Gasteiger partial charge in [0.25, 0.3) is 5.91 Å². The minimum absolute atomic E-state index is 0.0528. The molecule has 48 heavy (non-hydrogen) atoms. The van der Waals surface area contributed by atoms with Crippen LogP contribution in [0.3, 0.4) is 0 Å². The van der Waals surface area contributed by atoms with Crippen molar-refractivity contribution >= 4 is 38.9 Å². The van der Waals surface area contributed by atoms with E-state index >= 15 is 0 Å². The highest BCUT2D eigenvalue weighted by atomic mass is 32.2. The van der Waals surface area contributed by atoms with Crippen LogP contribution in [0.1, 0.15) is 80.2 Å². The summed E-state index contributed by atoms with van der Waals surface area (Å²) in [6.45, 7) is -0.551. The first kappa shape index (κ1) is 36.0. The van der Waals surface area contributed by atoms with Gasteiger partial charge in [-0.2, -0.15) is 0 Å². The number of carbonyl (C=O) groups is 4. The minimum atomic E-state index is -5.19. The molecule has 3 aromatic carbocycles. The van der Waals surface area contributed by atoms with Crippen molar-refractivity contribution in [3.8, 4) is 5.75 Å². The average Bonchev–Trinajstić information content (AvgIpc) is 3.05. The summed E-state index contributed by atoms with van der Waals surface area (Å²) in [5, 5.41) is 20.4. The number of nitrogens with one attached hydrogen (secondary N) is 1. The first-order valence-corrected chi connectivity index (χ1v) is 16.7. The number of aliphatic carboxylic acids is 1. The number of halogens is 3. The number of carboxylic acids is 1. The second-order valence-corrected chi connectivity index (χ2v) is 13.3. The molecule has 0 radical (unpaired) electrons. The molecule has 1 amide bonds. The quantitative estimate of drug-likeness (QED) is 0.168. The Balaban J connectivity index is 1.70. The zero-order valence-corrected chi connectivity index (χ0v) is 26.4. The van der Waals surface area contributed by atoms with Gasteiger partial charge in [-0.25, -0.2) is 13.2 Å². The zero-order valence-electron chi connectivity index (χ0n) is 25.6. The van der Waals surface area contributed by atoms with Crippen molar-refractivity contribution in [2.45, 2.75) is 55.4 Å². The van der Waals surface area contributed by atoms with E-state index in [0.29, 0.717) is 23.8 Å². The molecule has 1 fully saturated rings. The maximum absolute atomic E-state index is 13.8. The van der Waals surface area contributed by atoms with E-state index in [2.05, 4.69) is 10.1 Å². The molecule has 10 nitrogen and oxygen atoms in total. The summed E-state index contributed by atoms with van der Waals surface area (Å²) in [6, 6.07) is 14.7. The van der Waals surface area contributed by atoms with Crippen LogP contribution in [0.5, 0.6) is 5.75 Å². The van der Waals surface area contributed by atoms with E-state index in [1.165, 1.54) is 24.3 Å². The molecule has 0 aliphatic heterocycles. The number of ketones is 2. The predicted molar refractivity (Wildman–Crippen MR) is 168 cm³/mol. The van der Waals surface area contributed by atoms with Crippen molar-refractivity contribution in [2.24, 2.45) is 0 Å². The van der Waals surface area contributed by atoms with Gasteiger partial charge < -0.3 is 20.3 Å². The lowest BCUT2D eigenvalue weighted by molar-refractivity contribution is -0.275. The van der Waals surface area contributed by atoms with Gasteiger partial charge in [0.2, 0.25) is 0 Å². The fourth-order valence-corrected chi connectivity index (χ4v) is 6.15. The van der Waals surface area contributed by atoms with Crippen LogP contribution in [-0.4, -0.2) is 67.3 Å². The van der Waals surface area contributed by atoms with Crippen LogP contribution in [0, 0.1) is 0 Å². The fourth-order valence-electron chi connectivity index (χ4n) is 5.33. The Morgan fingerprint density at radius 2 is 1.46 bits per heavy atom. The van der Waals surface area contributed by atoms with Gasteiger partial charge in [-0.05, 0) is 66.3 Å². The van der Waals surface area contributed by atoms with Gasteiger partial charge >= 0.3 is 12.3 Å². The van der Waals surface area contributed by atoms with E-state index in [1.54, 1.807) is 12.1 Å². The van der Waals surface area contributed by atoms with Crippen molar-refractivity contribution in [2.75, 3.05) is 12.8 Å². The van der Waals surface area contributed by atoms with Crippen molar-refractivity contribution in [3.63, 3.8) is 0 Å². The number of amides is 1. The molecule has 3 aromatic rings. The number of carbonyl (C=O) groups excluding carboxylic acids is 3. The molecule has 1 aliphatic rings. The average molecular weight is 688 g/mol. The van der Waals surface area contributed by atoms with E-state index in [4.69, 9.17) is 5.11 Å². The predicted octanol–water partition coefficient (Wildman–Crippen LogP) is 5.36. The van der Waals surface area contributed by atoms with E-state index in [-0.39, 0.29) is 22.3 Å². The van der Waals surface area contributed by atoms with Crippen LogP contribution in [-0.2, 0) is 14.6 Å². The third-order valence-electron chi connectivity index (χ3n) is 7.82. The number of benzene rings is 3. The third kappa shape index (κ3) is 9.38. The Labute approximate surface area is 274 Å². The normalized spacial score (nSPS) is 15.0. The van der Waals surface area contributed by atoms with E-state index < -0.39 is 62.9 Å². The van der Waals surface area contributed by atoms with Crippen molar-refractivity contribution in [1.29, 1.82) is 0 Å². The topological polar surface area (TPSA) is 164 Å². The zero-order chi connectivity index (χ0) is 35.2. The smallest absolute Gasteiger partial charge is 0.479 e. The van der Waals surface area contributed by atoms with Gasteiger partial charge in [-0.1, -0.05) is 55.7 Å². The number of sulfone groups is 1. The summed E-state index contributed by atoms with van der Waals surface area (Å²) in [5.41, 5.74) is 1.10.